The van der Waals surface area contributed by atoms with Crippen molar-refractivity contribution in [1.29, 1.82) is 0 Å². The number of imidazole rings is 1. The van der Waals surface area contributed by atoms with E-state index in [9.17, 15) is 0 Å². The summed E-state index contributed by atoms with van der Waals surface area (Å²) < 4.78 is 3.64. The Morgan fingerprint density at radius 3 is 2.94 bits per heavy atom. The van der Waals surface area contributed by atoms with Crippen LogP contribution >= 0.6 is 11.6 Å². The minimum absolute atomic E-state index is 0.572. The molecule has 0 fully saturated rings. The maximum absolute atomic E-state index is 6.12. The molecule has 3 aromatic rings. The van der Waals surface area contributed by atoms with Crippen molar-refractivity contribution < 1.29 is 0 Å². The molecule has 0 aliphatic heterocycles. The zero-order valence-electron chi connectivity index (χ0n) is 9.84. The van der Waals surface area contributed by atoms with E-state index in [1.54, 1.807) is 16.7 Å². The second-order valence-corrected chi connectivity index (χ2v) is 4.33. The molecule has 0 aliphatic rings. The topological polar surface area (TPSA) is 61.1 Å². The molecular formula is C12H12ClN5. The van der Waals surface area contributed by atoms with Crippen molar-refractivity contribution in [2.75, 3.05) is 5.73 Å². The van der Waals surface area contributed by atoms with Crippen LogP contribution in [0.4, 0.5) is 5.82 Å². The number of nitrogens with two attached hydrogens (primary N) is 1. The fraction of sp³-hybridized carbons (Fsp3) is 0.167. The summed E-state index contributed by atoms with van der Waals surface area (Å²) in [6.45, 7) is 2.79. The minimum atomic E-state index is 0.572. The monoisotopic (exact) mass is 261 g/mol. The van der Waals surface area contributed by atoms with Gasteiger partial charge in [-0.1, -0.05) is 11.6 Å². The number of anilines is 1. The summed E-state index contributed by atoms with van der Waals surface area (Å²) in [6, 6.07) is 5.54. The van der Waals surface area contributed by atoms with E-state index in [-0.39, 0.29) is 0 Å². The van der Waals surface area contributed by atoms with E-state index in [0.29, 0.717) is 22.2 Å². The van der Waals surface area contributed by atoms with Crippen LogP contribution in [-0.4, -0.2) is 19.2 Å². The van der Waals surface area contributed by atoms with Crippen LogP contribution in [0.25, 0.3) is 17.0 Å². The van der Waals surface area contributed by atoms with Gasteiger partial charge in [0.15, 0.2) is 5.65 Å². The highest BCUT2D eigenvalue weighted by Gasteiger charge is 2.15. The van der Waals surface area contributed by atoms with Gasteiger partial charge in [0.05, 0.1) is 10.7 Å². The van der Waals surface area contributed by atoms with Crippen LogP contribution < -0.4 is 5.73 Å². The second kappa shape index (κ2) is 4.03. The molecule has 3 rings (SSSR count). The molecule has 6 heteroatoms. The lowest BCUT2D eigenvalue weighted by atomic mass is 10.3. The van der Waals surface area contributed by atoms with E-state index in [4.69, 9.17) is 17.3 Å². The highest BCUT2D eigenvalue weighted by molar-refractivity contribution is 6.33. The first-order valence-electron chi connectivity index (χ1n) is 5.66. The predicted octanol–water partition coefficient (Wildman–Crippen LogP) is 2.45. The molecule has 2 N–H and O–H groups in total. The standard InChI is InChI=1S/C12H12ClN5/c1-2-18-9(5-6-15-18)10-11(14)17-7-3-4-8(13)12(17)16-10/h3-7H,2,14H2,1H3. The lowest BCUT2D eigenvalue weighted by Crippen LogP contribution is -2.01. The van der Waals surface area contributed by atoms with Crippen LogP contribution in [-0.2, 0) is 6.54 Å². The smallest absolute Gasteiger partial charge is 0.158 e. The third-order valence-corrected chi connectivity index (χ3v) is 3.19. The van der Waals surface area contributed by atoms with E-state index in [1.165, 1.54) is 0 Å². The average molecular weight is 262 g/mol. The van der Waals surface area contributed by atoms with Crippen molar-refractivity contribution >= 4 is 23.1 Å². The quantitative estimate of drug-likeness (QED) is 0.771. The molecule has 5 nitrogen and oxygen atoms in total. The summed E-state index contributed by atoms with van der Waals surface area (Å²) in [4.78, 5) is 4.51. The molecule has 3 aromatic heterocycles. The largest absolute Gasteiger partial charge is 0.383 e. The van der Waals surface area contributed by atoms with Crippen molar-refractivity contribution in [1.82, 2.24) is 19.2 Å². The first-order chi connectivity index (χ1) is 8.72. The Labute approximate surface area is 109 Å². The third-order valence-electron chi connectivity index (χ3n) is 2.90. The predicted molar refractivity (Wildman–Crippen MR) is 71.5 cm³/mol. The van der Waals surface area contributed by atoms with Gasteiger partial charge in [0.25, 0.3) is 0 Å². The molecule has 0 atom stereocenters. The van der Waals surface area contributed by atoms with Gasteiger partial charge in [-0.2, -0.15) is 5.10 Å². The van der Waals surface area contributed by atoms with Crippen molar-refractivity contribution in [3.8, 4) is 11.4 Å². The maximum atomic E-state index is 6.12. The molecule has 0 aromatic carbocycles. The number of hydrogen-bond donors (Lipinski definition) is 1. The third kappa shape index (κ3) is 1.48. The number of fused-ring (bicyclic) bond motifs is 1. The van der Waals surface area contributed by atoms with E-state index in [2.05, 4.69) is 10.1 Å². The molecular weight excluding hydrogens is 250 g/mol. The number of hydrogen-bond acceptors (Lipinski definition) is 3. The summed E-state index contributed by atoms with van der Waals surface area (Å²) in [6.07, 6.45) is 3.59. The van der Waals surface area contributed by atoms with Gasteiger partial charge in [0.1, 0.15) is 11.5 Å². The number of aryl methyl sites for hydroxylation is 1. The van der Waals surface area contributed by atoms with Gasteiger partial charge in [-0.15, -0.1) is 0 Å². The van der Waals surface area contributed by atoms with Crippen molar-refractivity contribution in [2.45, 2.75) is 13.5 Å². The average Bonchev–Trinajstić information content (AvgIpc) is 2.95. The minimum Gasteiger partial charge on any atom is -0.383 e. The summed E-state index contributed by atoms with van der Waals surface area (Å²) >= 11 is 6.12. The number of aromatic nitrogens is 4. The summed E-state index contributed by atoms with van der Waals surface area (Å²) in [7, 11) is 0. The van der Waals surface area contributed by atoms with Crippen LogP contribution in [0.2, 0.25) is 5.02 Å². The van der Waals surface area contributed by atoms with Gasteiger partial charge in [-0.3, -0.25) is 9.08 Å². The van der Waals surface area contributed by atoms with Gasteiger partial charge in [-0.05, 0) is 25.1 Å². The Hall–Kier alpha value is -2.01. The first-order valence-corrected chi connectivity index (χ1v) is 6.04. The van der Waals surface area contributed by atoms with E-state index in [0.717, 1.165) is 12.2 Å². The summed E-state index contributed by atoms with van der Waals surface area (Å²) in [5.74, 6) is 0.572. The lowest BCUT2D eigenvalue weighted by Gasteiger charge is -2.02. The molecule has 0 unspecified atom stereocenters. The maximum Gasteiger partial charge on any atom is 0.158 e. The van der Waals surface area contributed by atoms with Gasteiger partial charge in [0.2, 0.25) is 0 Å². The lowest BCUT2D eigenvalue weighted by molar-refractivity contribution is 0.666. The van der Waals surface area contributed by atoms with Crippen molar-refractivity contribution in [3.63, 3.8) is 0 Å². The zero-order chi connectivity index (χ0) is 12.7. The Kier molecular flexibility index (Phi) is 2.48. The first kappa shape index (κ1) is 11.1. The molecule has 0 amide bonds. The number of nitrogen functional groups attached to an aromatic ring is 1. The van der Waals surface area contributed by atoms with Crippen LogP contribution in [0, 0.1) is 0 Å². The fourth-order valence-corrected chi connectivity index (χ4v) is 2.23. The SMILES string of the molecule is CCn1nccc1-c1nc2c(Cl)cccn2c1N. The normalized spacial score (nSPS) is 11.2. The van der Waals surface area contributed by atoms with Crippen molar-refractivity contribution in [2.24, 2.45) is 0 Å². The van der Waals surface area contributed by atoms with Crippen LogP contribution in [0.15, 0.2) is 30.6 Å². The molecule has 0 spiro atoms. The number of rotatable bonds is 2. The molecule has 0 aliphatic carbocycles. The highest BCUT2D eigenvalue weighted by Crippen LogP contribution is 2.28. The molecule has 92 valence electrons. The van der Waals surface area contributed by atoms with Crippen LogP contribution in [0.1, 0.15) is 6.92 Å². The molecule has 0 bridgehead atoms. The zero-order valence-corrected chi connectivity index (χ0v) is 10.6. The Bertz CT molecular complexity index is 712. The van der Waals surface area contributed by atoms with Crippen LogP contribution in [0.5, 0.6) is 0 Å². The molecule has 0 radical (unpaired) electrons. The number of nitrogens with zero attached hydrogens (tertiary/aromatic N) is 4. The second-order valence-electron chi connectivity index (χ2n) is 3.93. The molecule has 3 heterocycles. The van der Waals surface area contributed by atoms with Crippen molar-refractivity contribution in [3.05, 3.63) is 35.6 Å². The fourth-order valence-electron chi connectivity index (χ4n) is 2.03. The Morgan fingerprint density at radius 2 is 2.22 bits per heavy atom. The van der Waals surface area contributed by atoms with E-state index < -0.39 is 0 Å². The Balaban J connectivity index is 2.31. The number of halogens is 1. The van der Waals surface area contributed by atoms with Crippen LogP contribution in [0.3, 0.4) is 0 Å². The van der Waals surface area contributed by atoms with E-state index in [1.807, 2.05) is 29.9 Å². The highest BCUT2D eigenvalue weighted by atomic mass is 35.5. The van der Waals surface area contributed by atoms with E-state index >= 15 is 0 Å². The van der Waals surface area contributed by atoms with Gasteiger partial charge in [-0.25, -0.2) is 4.98 Å². The molecule has 0 saturated heterocycles. The molecule has 18 heavy (non-hydrogen) atoms. The number of pyridine rings is 1. The molecule has 0 saturated carbocycles. The Morgan fingerprint density at radius 1 is 1.39 bits per heavy atom. The summed E-state index contributed by atoms with van der Waals surface area (Å²) in [5.41, 5.74) is 8.39. The summed E-state index contributed by atoms with van der Waals surface area (Å²) in [5, 5.41) is 4.81. The van der Waals surface area contributed by atoms with Gasteiger partial charge >= 0.3 is 0 Å². The van der Waals surface area contributed by atoms with Gasteiger partial charge in [0, 0.05) is 18.9 Å². The van der Waals surface area contributed by atoms with Gasteiger partial charge < -0.3 is 5.73 Å².